The van der Waals surface area contributed by atoms with Gasteiger partial charge in [0.2, 0.25) is 72.3 Å². The number of carbonyl (C=O) groups is 9. The Labute approximate surface area is 750 Å². The highest BCUT2D eigenvalue weighted by atomic mass is 32.2. The van der Waals surface area contributed by atoms with Gasteiger partial charge in [0.1, 0.15) is 29.4 Å². The lowest BCUT2D eigenvalue weighted by Gasteiger charge is -2.20. The first-order chi connectivity index (χ1) is 61.6. The minimum atomic E-state index is -4.30. The highest BCUT2D eigenvalue weighted by Crippen LogP contribution is 2.26. The fraction of sp³-hybridized carbons (Fsp3) is 0.489. The molecule has 0 unspecified atom stereocenters. The summed E-state index contributed by atoms with van der Waals surface area (Å²) in [5.41, 5.74) is 4.36. The lowest BCUT2D eigenvalue weighted by Crippen LogP contribution is -2.49. The number of methoxy groups -OCH3 is 2. The number of carbonyl (C=O) groups excluding carboxylic acids is 9. The number of aryl methyl sites for hydroxylation is 10. The Bertz CT molecular complexity index is 5550. The largest absolute Gasteiger partial charge is 0.468 e. The van der Waals surface area contributed by atoms with Crippen LogP contribution in [0.5, 0.6) is 0 Å². The number of rotatable bonds is 56. The number of benzene rings is 4. The molecular formula is C88H123N19O20S2. The maximum absolute atomic E-state index is 14.1. The molecule has 0 aliphatic carbocycles. The van der Waals surface area contributed by atoms with E-state index in [-0.39, 0.29) is 126 Å². The number of nitrogens with one attached hydrogen (secondary N) is 13. The van der Waals surface area contributed by atoms with E-state index in [4.69, 9.17) is 18.9 Å². The number of hydrogen-bond acceptors (Lipinski definition) is 26. The maximum atomic E-state index is 14.1. The summed E-state index contributed by atoms with van der Waals surface area (Å²) in [7, 11) is -1.11. The molecule has 14 N–H and O–H groups in total. The van der Waals surface area contributed by atoms with E-state index in [0.29, 0.717) is 149 Å². The van der Waals surface area contributed by atoms with Crippen molar-refractivity contribution in [1.82, 2.24) is 85.5 Å². The maximum Gasteiger partial charge on any atom is 0.325 e. The van der Waals surface area contributed by atoms with Crippen LogP contribution in [0.4, 0.5) is 11.9 Å². The minimum Gasteiger partial charge on any atom is -0.468 e. The van der Waals surface area contributed by atoms with Crippen LogP contribution in [-0.4, -0.2) is 228 Å². The molecule has 0 fully saturated rings. The number of aliphatic hydroxyl groups is 1. The van der Waals surface area contributed by atoms with Gasteiger partial charge in [-0.05, 0) is 164 Å². The van der Waals surface area contributed by atoms with Gasteiger partial charge in [0.25, 0.3) is 11.8 Å². The van der Waals surface area contributed by atoms with Crippen molar-refractivity contribution >= 4 is 107 Å². The van der Waals surface area contributed by atoms with Crippen molar-refractivity contribution in [2.24, 2.45) is 14.1 Å². The van der Waals surface area contributed by atoms with Gasteiger partial charge in [0.15, 0.2) is 0 Å². The van der Waals surface area contributed by atoms with Crippen molar-refractivity contribution in [1.29, 1.82) is 0 Å². The van der Waals surface area contributed by atoms with Gasteiger partial charge in [-0.15, -0.1) is 0 Å². The smallest absolute Gasteiger partial charge is 0.325 e. The van der Waals surface area contributed by atoms with Gasteiger partial charge in [-0.3, -0.25) is 58.1 Å². The third-order valence-electron chi connectivity index (χ3n) is 21.1. The Hall–Kier alpha value is -11.8. The average Bonchev–Trinajstić information content (AvgIpc) is 1.48. The summed E-state index contributed by atoms with van der Waals surface area (Å²) in [5, 5.41) is 43.0. The molecular weight excluding hydrogens is 1710 g/mol. The van der Waals surface area contributed by atoms with Crippen LogP contribution in [0.15, 0.2) is 117 Å². The number of ether oxygens (including phenoxy) is 4. The first-order valence-electron chi connectivity index (χ1n) is 42.9. The molecule has 4 aromatic heterocycles. The van der Waals surface area contributed by atoms with E-state index in [9.17, 15) is 74.7 Å². The number of amides is 7. The second-order valence-corrected chi connectivity index (χ2v) is 34.8. The summed E-state index contributed by atoms with van der Waals surface area (Å²) in [5.74, 6) is -3.87. The van der Waals surface area contributed by atoms with Crippen LogP contribution >= 0.6 is 0 Å². The van der Waals surface area contributed by atoms with Crippen molar-refractivity contribution in [3.05, 3.63) is 174 Å². The van der Waals surface area contributed by atoms with Gasteiger partial charge in [0.05, 0.1) is 41.1 Å². The number of imidazole rings is 2. The summed E-state index contributed by atoms with van der Waals surface area (Å²) < 4.78 is 87.6. The Morgan fingerprint density at radius 1 is 0.465 bits per heavy atom. The molecule has 4 atom stereocenters. The van der Waals surface area contributed by atoms with E-state index in [1.807, 2.05) is 43.1 Å². The predicted molar refractivity (Wildman–Crippen MR) is 485 cm³/mol. The lowest BCUT2D eigenvalue weighted by molar-refractivity contribution is -0.143. The lowest BCUT2D eigenvalue weighted by atomic mass is 10.1. The molecule has 8 aromatic rings. The summed E-state index contributed by atoms with van der Waals surface area (Å²) >= 11 is 0. The average molecular weight is 1830 g/mol. The van der Waals surface area contributed by atoms with Crippen LogP contribution in [0.2, 0.25) is 0 Å². The number of likely N-dealkylation sites (N-methyl/N-ethyl adjacent to an activating group) is 1. The van der Waals surface area contributed by atoms with Crippen molar-refractivity contribution in [3.63, 3.8) is 0 Å². The number of sulfonamides is 2. The molecule has 0 bridgehead atoms. The molecule has 39 nitrogen and oxygen atoms in total. The Morgan fingerprint density at radius 3 is 1.22 bits per heavy atom. The SMILES string of the molecule is CN[C@@H](CCC(=O)NCCCOCCCNC(=O)CC[C@@H](O)NCCCn1cc(C(=O)NC[C@H](NS(=O)(=O)c2c(C)cc(C)cc2C)C(=O)OC)c(=O)c2ccc(CNc3nccn3C)cc21)C(=O)NCCCOCCCNC(=O)CCC(=O)NCCCn1cc(C(=O)NC[C@H](NS(=O)(=O)c2c(C)cc(C)cc2C)C(=O)OC)c(=O)c2ccc(CNc3nccn3C)cc21. The normalized spacial score (nSPS) is 12.5. The third kappa shape index (κ3) is 31.5. The Balaban J connectivity index is 0.648. The van der Waals surface area contributed by atoms with Gasteiger partial charge in [-0.2, -0.15) is 9.44 Å². The molecule has 0 saturated carbocycles. The molecule has 702 valence electrons. The predicted octanol–water partition coefficient (Wildman–Crippen LogP) is 2.85. The van der Waals surface area contributed by atoms with Crippen LogP contribution in [0, 0.1) is 41.5 Å². The summed E-state index contributed by atoms with van der Waals surface area (Å²) in [6, 6.07) is 13.4. The zero-order valence-electron chi connectivity index (χ0n) is 75.0. The van der Waals surface area contributed by atoms with Crippen LogP contribution in [0.25, 0.3) is 21.8 Å². The molecule has 0 aliphatic rings. The van der Waals surface area contributed by atoms with Crippen molar-refractivity contribution in [3.8, 4) is 0 Å². The van der Waals surface area contributed by atoms with Crippen molar-refractivity contribution < 1.29 is 84.0 Å². The number of hydrogen-bond donors (Lipinski definition) is 14. The molecule has 0 saturated heterocycles. The molecule has 0 radical (unpaired) electrons. The molecule has 41 heteroatoms. The minimum absolute atomic E-state index is 0.0146. The summed E-state index contributed by atoms with van der Waals surface area (Å²) in [4.78, 5) is 154. The second-order valence-electron chi connectivity index (χ2n) is 31.5. The van der Waals surface area contributed by atoms with E-state index in [1.165, 1.54) is 12.4 Å². The molecule has 129 heavy (non-hydrogen) atoms. The number of aliphatic hydroxyl groups excluding tert-OH is 1. The first kappa shape index (κ1) is 103. The molecule has 4 aromatic carbocycles. The summed E-state index contributed by atoms with van der Waals surface area (Å²) in [6.45, 7) is 13.5. The van der Waals surface area contributed by atoms with Crippen LogP contribution in [-0.2, 0) is 113 Å². The van der Waals surface area contributed by atoms with Gasteiger partial charge in [-0.25, -0.2) is 26.8 Å². The summed E-state index contributed by atoms with van der Waals surface area (Å²) in [6.07, 6.45) is 11.8. The Kier molecular flexibility index (Phi) is 40.4. The van der Waals surface area contributed by atoms with Gasteiger partial charge in [0, 0.05) is 186 Å². The highest BCUT2D eigenvalue weighted by Gasteiger charge is 2.33. The van der Waals surface area contributed by atoms with Crippen LogP contribution in [0.3, 0.4) is 0 Å². The zero-order valence-corrected chi connectivity index (χ0v) is 76.7. The van der Waals surface area contributed by atoms with Gasteiger partial charge in [-0.1, -0.05) is 47.5 Å². The van der Waals surface area contributed by atoms with Crippen LogP contribution in [0.1, 0.15) is 142 Å². The number of pyridine rings is 2. The van der Waals surface area contributed by atoms with Crippen molar-refractivity contribution in [2.45, 2.75) is 179 Å². The zero-order chi connectivity index (χ0) is 93.9. The molecule has 7 amide bonds. The van der Waals surface area contributed by atoms with Crippen molar-refractivity contribution in [2.75, 3.05) is 111 Å². The topological polar surface area (TPSA) is 515 Å². The second kappa shape index (κ2) is 50.8. The number of fused-ring (bicyclic) bond motifs is 2. The van der Waals surface area contributed by atoms with Gasteiger partial charge < -0.3 is 95.5 Å². The number of esters is 2. The first-order valence-corrected chi connectivity index (χ1v) is 45.8. The monoisotopic (exact) mass is 1830 g/mol. The van der Waals surface area contributed by atoms with E-state index >= 15 is 0 Å². The van der Waals surface area contributed by atoms with E-state index in [1.54, 1.807) is 123 Å². The fourth-order valence-corrected chi connectivity index (χ4v) is 17.9. The fourth-order valence-electron chi connectivity index (χ4n) is 14.7. The number of nitrogens with zero attached hydrogens (tertiary/aromatic N) is 6. The number of anilines is 2. The molecule has 4 heterocycles. The van der Waals surface area contributed by atoms with Crippen LogP contribution < -0.4 is 78.8 Å². The third-order valence-corrected chi connectivity index (χ3v) is 24.7. The molecule has 0 aliphatic heterocycles. The van der Waals surface area contributed by atoms with E-state index in [2.05, 4.69) is 77.9 Å². The molecule has 8 rings (SSSR count). The number of aromatic nitrogens is 6. The Morgan fingerprint density at radius 2 is 0.837 bits per heavy atom. The van der Waals surface area contributed by atoms with E-state index in [0.717, 1.165) is 36.5 Å². The quantitative estimate of drug-likeness (QED) is 0.0148. The van der Waals surface area contributed by atoms with E-state index < -0.39 is 92.1 Å². The molecule has 0 spiro atoms. The van der Waals surface area contributed by atoms with Gasteiger partial charge >= 0.3 is 11.9 Å². The standard InChI is InChI=1S/C88H123N19O20S2/c1-56-44-58(3)80(59(4)45-56)128(120,121)102-69(85(118)124-10)52-98-82(115)66-54-106(71-48-62(18-20-64(71)78(66)113)50-100-87-96-34-38-104(87)8)36-12-28-90-74(109)24-26-76(111)93-31-15-41-126-40-14-30-92-73(108)23-22-68(89-7)84(117)95-33-17-43-127-42-16-32-94-77(112)27-25-75(110)91-29-13-37-107-55-67(79(114)65-21-19-63(49-72(65)107)51-101-88-97-35-39-105(88)9)83(116)99-53-70(86(119)125-11)103-129(122,123)81-60(5)46-57(2)47-61(81)6/h18-21,34-35,38-39,44-49,54-55,68-70,74,89-90,102-103,109H,12-17,22-33,36-37,40-43,50-53H2,1-11H3,(H,91,110)(H,92,108)(H,93,111)(H,94,112)(H,95,117)(H,96,100)(H,97,101)(H,98,115)(H,99,116)/t68-,69-,70-,74+/m0/s1. The highest BCUT2D eigenvalue weighted by molar-refractivity contribution is 7.90.